The highest BCUT2D eigenvalue weighted by Crippen LogP contribution is 2.41. The van der Waals surface area contributed by atoms with E-state index < -0.39 is 6.29 Å². The maximum absolute atomic E-state index is 13.0. The van der Waals surface area contributed by atoms with Gasteiger partial charge in [-0.3, -0.25) is 9.78 Å². The van der Waals surface area contributed by atoms with E-state index in [2.05, 4.69) is 39.6 Å². The fraction of sp³-hybridized carbons (Fsp3) is 0.195. The van der Waals surface area contributed by atoms with Crippen LogP contribution in [-0.4, -0.2) is 39.9 Å². The first kappa shape index (κ1) is 33.4. The number of nitrogens with zero attached hydrogens (tertiary/aromatic N) is 2. The molecule has 2 heterocycles. The van der Waals surface area contributed by atoms with E-state index in [9.17, 15) is 9.90 Å². The molecule has 1 amide bonds. The topological polar surface area (TPSA) is 103 Å². The number of aliphatic hydroxyl groups excluding tert-OH is 1. The van der Waals surface area contributed by atoms with Crippen LogP contribution in [0.2, 0.25) is 0 Å². The number of hydrogen-bond acceptors (Lipinski definition) is 8. The van der Waals surface area contributed by atoms with E-state index in [1.807, 2.05) is 97.1 Å². The van der Waals surface area contributed by atoms with Gasteiger partial charge in [0.05, 0.1) is 43.2 Å². The first-order valence-electron chi connectivity index (χ1n) is 16.5. The molecule has 50 heavy (non-hydrogen) atoms. The van der Waals surface area contributed by atoms with Gasteiger partial charge in [-0.05, 0) is 52.1 Å². The standard InChI is InChI=1S/C41H37N3O5S/c1-47-37-12-6-7-13-39(37)50-26-32-22-38(29-16-14-27(25-45)15-17-29)49-41(48-32)30-20-18-28(19-21-30)33-9-3-2-8-31(33)23-43-40(46)36-24-42-34-10-4-5-11-35(34)44-36/h2-21,24,32,38,41,45H,22-23,25-26H2,1H3,(H,43,46)/t32-,38+,41+/m1/s1. The molecule has 0 spiro atoms. The number of benzene rings is 5. The number of rotatable bonds is 11. The number of carbonyl (C=O) groups is 1. The number of nitrogens with one attached hydrogen (secondary N) is 1. The molecule has 7 rings (SSSR count). The van der Waals surface area contributed by atoms with Gasteiger partial charge in [0.15, 0.2) is 6.29 Å². The number of para-hydroxylation sites is 3. The molecule has 9 heteroatoms. The largest absolute Gasteiger partial charge is 0.496 e. The van der Waals surface area contributed by atoms with E-state index in [0.29, 0.717) is 18.5 Å². The molecule has 0 aliphatic carbocycles. The van der Waals surface area contributed by atoms with Crippen LogP contribution < -0.4 is 10.1 Å². The second kappa shape index (κ2) is 15.7. The molecule has 1 saturated heterocycles. The summed E-state index contributed by atoms with van der Waals surface area (Å²) >= 11 is 1.71. The molecule has 2 N–H and O–H groups in total. The smallest absolute Gasteiger partial charge is 0.271 e. The Morgan fingerprint density at radius 3 is 2.38 bits per heavy atom. The van der Waals surface area contributed by atoms with Gasteiger partial charge in [0.1, 0.15) is 11.4 Å². The summed E-state index contributed by atoms with van der Waals surface area (Å²) in [5.74, 6) is 1.29. The van der Waals surface area contributed by atoms with Gasteiger partial charge in [-0.25, -0.2) is 4.98 Å². The van der Waals surface area contributed by atoms with Crippen molar-refractivity contribution < 1.29 is 24.1 Å². The van der Waals surface area contributed by atoms with Crippen LogP contribution in [0.15, 0.2) is 132 Å². The predicted molar refractivity (Wildman–Crippen MR) is 195 cm³/mol. The van der Waals surface area contributed by atoms with Gasteiger partial charge in [-0.15, -0.1) is 11.8 Å². The van der Waals surface area contributed by atoms with Crippen LogP contribution in [0, 0.1) is 0 Å². The lowest BCUT2D eigenvalue weighted by atomic mass is 9.97. The van der Waals surface area contributed by atoms with Crippen molar-refractivity contribution in [2.45, 2.75) is 43.0 Å². The average molecular weight is 684 g/mol. The van der Waals surface area contributed by atoms with Crippen LogP contribution in [0.1, 0.15) is 51.6 Å². The molecule has 3 atom stereocenters. The third-order valence-corrected chi connectivity index (χ3v) is 9.93. The van der Waals surface area contributed by atoms with Gasteiger partial charge >= 0.3 is 0 Å². The lowest BCUT2D eigenvalue weighted by molar-refractivity contribution is -0.245. The number of thioether (sulfide) groups is 1. The Balaban J connectivity index is 1.07. The highest BCUT2D eigenvalue weighted by Gasteiger charge is 2.32. The normalized spacial score (nSPS) is 17.4. The van der Waals surface area contributed by atoms with Crippen molar-refractivity contribution in [3.8, 4) is 16.9 Å². The molecule has 1 aromatic heterocycles. The quantitative estimate of drug-likeness (QED) is 0.132. The molecule has 0 bridgehead atoms. The lowest BCUT2D eigenvalue weighted by Crippen LogP contribution is -2.31. The fourth-order valence-electron chi connectivity index (χ4n) is 6.05. The summed E-state index contributed by atoms with van der Waals surface area (Å²) in [5, 5.41) is 12.6. The molecule has 0 saturated carbocycles. The molecular formula is C41H37N3O5S. The number of carbonyl (C=O) groups excluding carboxylic acids is 1. The summed E-state index contributed by atoms with van der Waals surface area (Å²) in [6.07, 6.45) is 1.37. The number of fused-ring (bicyclic) bond motifs is 1. The zero-order valence-electron chi connectivity index (χ0n) is 27.6. The minimum Gasteiger partial charge on any atom is -0.496 e. The van der Waals surface area contributed by atoms with Crippen molar-refractivity contribution in [1.29, 1.82) is 0 Å². The summed E-state index contributed by atoms with van der Waals surface area (Å²) in [5.41, 5.74) is 7.53. The number of amides is 1. The van der Waals surface area contributed by atoms with Gasteiger partial charge in [-0.1, -0.05) is 97.1 Å². The zero-order valence-corrected chi connectivity index (χ0v) is 28.4. The van der Waals surface area contributed by atoms with E-state index in [1.54, 1.807) is 18.9 Å². The highest BCUT2D eigenvalue weighted by molar-refractivity contribution is 7.99. The van der Waals surface area contributed by atoms with Crippen molar-refractivity contribution >= 4 is 28.7 Å². The van der Waals surface area contributed by atoms with E-state index in [1.165, 1.54) is 6.20 Å². The number of ether oxygens (including phenoxy) is 3. The highest BCUT2D eigenvalue weighted by atomic mass is 32.2. The van der Waals surface area contributed by atoms with Crippen molar-refractivity contribution in [1.82, 2.24) is 15.3 Å². The van der Waals surface area contributed by atoms with E-state index in [4.69, 9.17) is 14.2 Å². The van der Waals surface area contributed by atoms with Crippen LogP contribution >= 0.6 is 11.8 Å². The van der Waals surface area contributed by atoms with Crippen LogP contribution in [0.3, 0.4) is 0 Å². The maximum Gasteiger partial charge on any atom is 0.271 e. The summed E-state index contributed by atoms with van der Waals surface area (Å²) in [4.78, 5) is 22.9. The van der Waals surface area contributed by atoms with Crippen LogP contribution in [-0.2, 0) is 22.6 Å². The number of aromatic nitrogens is 2. The summed E-state index contributed by atoms with van der Waals surface area (Å²) in [6.45, 7) is 0.332. The van der Waals surface area contributed by atoms with Gasteiger partial charge < -0.3 is 24.6 Å². The second-order valence-corrected chi connectivity index (χ2v) is 13.1. The summed E-state index contributed by atoms with van der Waals surface area (Å²) < 4.78 is 18.7. The average Bonchev–Trinajstić information content (AvgIpc) is 3.19. The van der Waals surface area contributed by atoms with Gasteiger partial charge in [0, 0.05) is 29.2 Å². The maximum atomic E-state index is 13.0. The van der Waals surface area contributed by atoms with Crippen LogP contribution in [0.4, 0.5) is 0 Å². The predicted octanol–water partition coefficient (Wildman–Crippen LogP) is 8.07. The zero-order chi connectivity index (χ0) is 34.3. The first-order valence-corrected chi connectivity index (χ1v) is 17.5. The Bertz CT molecular complexity index is 2070. The molecule has 0 unspecified atom stereocenters. The Hall–Kier alpha value is -5.06. The van der Waals surface area contributed by atoms with Gasteiger partial charge in [0.25, 0.3) is 5.91 Å². The van der Waals surface area contributed by atoms with Crippen molar-refractivity contribution in [2.24, 2.45) is 0 Å². The molecule has 0 radical (unpaired) electrons. The number of aliphatic hydroxyl groups is 1. The minimum atomic E-state index is -0.568. The molecule has 6 aromatic rings. The Morgan fingerprint density at radius 2 is 1.58 bits per heavy atom. The monoisotopic (exact) mass is 683 g/mol. The fourth-order valence-corrected chi connectivity index (χ4v) is 7.10. The van der Waals surface area contributed by atoms with Crippen LogP contribution in [0.25, 0.3) is 22.2 Å². The van der Waals surface area contributed by atoms with E-state index in [0.717, 1.165) is 55.3 Å². The summed E-state index contributed by atoms with van der Waals surface area (Å²) in [6, 6.07) is 39.7. The minimum absolute atomic E-state index is 0.00328. The summed E-state index contributed by atoms with van der Waals surface area (Å²) in [7, 11) is 1.69. The third kappa shape index (κ3) is 7.72. The Morgan fingerprint density at radius 1 is 0.860 bits per heavy atom. The van der Waals surface area contributed by atoms with Crippen molar-refractivity contribution in [3.05, 3.63) is 155 Å². The number of hydrogen-bond donors (Lipinski definition) is 2. The van der Waals surface area contributed by atoms with Crippen molar-refractivity contribution in [2.75, 3.05) is 12.9 Å². The SMILES string of the molecule is COc1ccccc1SC[C@H]1C[C@@H](c2ccc(CO)cc2)O[C@@H](c2ccc(-c3ccccc3CNC(=O)c3cnc4ccccc4n3)cc2)O1. The Kier molecular flexibility index (Phi) is 10.5. The van der Waals surface area contributed by atoms with E-state index in [-0.39, 0.29) is 30.4 Å². The van der Waals surface area contributed by atoms with Crippen LogP contribution in [0.5, 0.6) is 5.75 Å². The second-order valence-electron chi connectivity index (χ2n) is 12.0. The van der Waals surface area contributed by atoms with Gasteiger partial charge in [0.2, 0.25) is 0 Å². The number of methoxy groups -OCH3 is 1. The van der Waals surface area contributed by atoms with E-state index >= 15 is 0 Å². The molecule has 1 aliphatic rings. The molecular weight excluding hydrogens is 647 g/mol. The molecule has 252 valence electrons. The third-order valence-electron chi connectivity index (χ3n) is 8.74. The molecule has 1 fully saturated rings. The lowest BCUT2D eigenvalue weighted by Gasteiger charge is -2.36. The Labute approximate surface area is 295 Å². The van der Waals surface area contributed by atoms with Crippen molar-refractivity contribution in [3.63, 3.8) is 0 Å². The molecule has 1 aliphatic heterocycles. The molecule has 8 nitrogen and oxygen atoms in total. The molecule has 5 aromatic carbocycles. The first-order chi connectivity index (χ1) is 24.6. The van der Waals surface area contributed by atoms with Gasteiger partial charge in [-0.2, -0.15) is 0 Å².